The molecule has 1 N–H and O–H groups in total. The van der Waals surface area contributed by atoms with Gasteiger partial charge in [0.1, 0.15) is 0 Å². The highest BCUT2D eigenvalue weighted by molar-refractivity contribution is 6.42. The molecule has 0 fully saturated rings. The SMILES string of the molecule is CCn1c(=O)c2c(-c3ccc(Cl)c(Cl)c3)c(Nc3ccc(C)cc3C)oc2c2ccccc21. The molecule has 0 aliphatic rings. The van der Waals surface area contributed by atoms with E-state index in [9.17, 15) is 4.79 Å². The van der Waals surface area contributed by atoms with Gasteiger partial charge in [0.25, 0.3) is 5.56 Å². The van der Waals surface area contributed by atoms with Crippen molar-refractivity contribution in [2.45, 2.75) is 27.3 Å². The van der Waals surface area contributed by atoms with Crippen LogP contribution in [-0.2, 0) is 6.54 Å². The van der Waals surface area contributed by atoms with E-state index in [2.05, 4.69) is 18.3 Å². The maximum atomic E-state index is 13.7. The number of aryl methyl sites for hydroxylation is 3. The Balaban J connectivity index is 1.89. The van der Waals surface area contributed by atoms with Gasteiger partial charge in [-0.1, -0.05) is 59.1 Å². The summed E-state index contributed by atoms with van der Waals surface area (Å²) in [6.45, 7) is 6.60. The second kappa shape index (κ2) is 8.29. The zero-order chi connectivity index (χ0) is 23.3. The maximum Gasteiger partial charge on any atom is 0.262 e. The average molecular weight is 477 g/mol. The van der Waals surface area contributed by atoms with Gasteiger partial charge >= 0.3 is 0 Å². The van der Waals surface area contributed by atoms with E-state index in [-0.39, 0.29) is 5.56 Å². The second-order valence-corrected chi connectivity index (χ2v) is 8.96. The van der Waals surface area contributed by atoms with Crippen LogP contribution in [0.5, 0.6) is 0 Å². The minimum Gasteiger partial charge on any atom is -0.439 e. The highest BCUT2D eigenvalue weighted by Gasteiger charge is 2.24. The van der Waals surface area contributed by atoms with Crippen molar-refractivity contribution in [2.75, 3.05) is 5.32 Å². The van der Waals surface area contributed by atoms with Crippen LogP contribution in [0.15, 0.2) is 69.9 Å². The third kappa shape index (κ3) is 3.60. The maximum absolute atomic E-state index is 13.7. The van der Waals surface area contributed by atoms with Crippen LogP contribution in [0, 0.1) is 13.8 Å². The molecule has 0 amide bonds. The summed E-state index contributed by atoms with van der Waals surface area (Å²) in [5.74, 6) is 0.492. The first kappa shape index (κ1) is 21.6. The normalized spacial score (nSPS) is 11.4. The van der Waals surface area contributed by atoms with E-state index in [1.807, 2.05) is 56.3 Å². The predicted octanol–water partition coefficient (Wildman–Crippen LogP) is 8.10. The molecule has 2 aromatic heterocycles. The quantitative estimate of drug-likeness (QED) is 0.285. The standard InChI is InChI=1S/C27H22Cl2N2O2/c1-4-31-22-8-6-5-7-18(22)25-24(27(31)32)23(17-10-11-19(28)20(29)14-17)26(33-25)30-21-12-9-15(2)13-16(21)3/h5-14,30H,4H2,1-3H3. The summed E-state index contributed by atoms with van der Waals surface area (Å²) in [6.07, 6.45) is 0. The highest BCUT2D eigenvalue weighted by Crippen LogP contribution is 2.42. The zero-order valence-electron chi connectivity index (χ0n) is 18.5. The van der Waals surface area contributed by atoms with Gasteiger partial charge in [-0.05, 0) is 62.2 Å². The van der Waals surface area contributed by atoms with Gasteiger partial charge in [-0.25, -0.2) is 0 Å². The molecule has 5 rings (SSSR count). The molecule has 33 heavy (non-hydrogen) atoms. The lowest BCUT2D eigenvalue weighted by Crippen LogP contribution is -2.19. The lowest BCUT2D eigenvalue weighted by Gasteiger charge is -2.11. The second-order valence-electron chi connectivity index (χ2n) is 8.15. The van der Waals surface area contributed by atoms with Crippen molar-refractivity contribution in [1.82, 2.24) is 4.57 Å². The Kier molecular flexibility index (Phi) is 5.43. The summed E-state index contributed by atoms with van der Waals surface area (Å²) in [6, 6.07) is 19.3. The summed E-state index contributed by atoms with van der Waals surface area (Å²) in [7, 11) is 0. The van der Waals surface area contributed by atoms with E-state index >= 15 is 0 Å². The van der Waals surface area contributed by atoms with Crippen molar-refractivity contribution >= 4 is 56.6 Å². The van der Waals surface area contributed by atoms with Crippen molar-refractivity contribution in [3.05, 3.63) is 92.2 Å². The molecule has 0 aliphatic heterocycles. The Hall–Kier alpha value is -3.21. The van der Waals surface area contributed by atoms with Gasteiger partial charge in [-0.15, -0.1) is 0 Å². The highest BCUT2D eigenvalue weighted by atomic mass is 35.5. The molecule has 0 bridgehead atoms. The van der Waals surface area contributed by atoms with E-state index in [4.69, 9.17) is 27.6 Å². The number of benzene rings is 3. The number of anilines is 2. The monoisotopic (exact) mass is 476 g/mol. The number of rotatable bonds is 4. The van der Waals surface area contributed by atoms with Gasteiger partial charge < -0.3 is 14.3 Å². The molecule has 166 valence electrons. The largest absolute Gasteiger partial charge is 0.439 e. The number of halogens is 2. The molecule has 6 heteroatoms. The van der Waals surface area contributed by atoms with Gasteiger partial charge in [-0.3, -0.25) is 4.79 Å². The smallest absolute Gasteiger partial charge is 0.262 e. The first-order valence-corrected chi connectivity index (χ1v) is 11.5. The third-order valence-corrected chi connectivity index (χ3v) is 6.70. The van der Waals surface area contributed by atoms with E-state index in [0.29, 0.717) is 39.0 Å². The Bertz CT molecular complexity index is 1600. The summed E-state index contributed by atoms with van der Waals surface area (Å²) < 4.78 is 8.18. The fourth-order valence-electron chi connectivity index (χ4n) is 4.38. The number of nitrogens with one attached hydrogen (secondary N) is 1. The molecule has 0 saturated heterocycles. The molecule has 0 aliphatic carbocycles. The van der Waals surface area contributed by atoms with Crippen LogP contribution < -0.4 is 10.9 Å². The Morgan fingerprint density at radius 3 is 2.48 bits per heavy atom. The van der Waals surface area contributed by atoms with Gasteiger partial charge in [0.2, 0.25) is 5.88 Å². The molecule has 0 unspecified atom stereocenters. The molecule has 0 saturated carbocycles. The van der Waals surface area contributed by atoms with Crippen LogP contribution in [0.4, 0.5) is 11.6 Å². The van der Waals surface area contributed by atoms with Crippen LogP contribution in [0.1, 0.15) is 18.1 Å². The topological polar surface area (TPSA) is 47.2 Å². The van der Waals surface area contributed by atoms with Gasteiger partial charge in [0.05, 0.1) is 26.5 Å². The minimum atomic E-state index is -0.107. The number of hydrogen-bond acceptors (Lipinski definition) is 3. The predicted molar refractivity (Wildman–Crippen MR) is 138 cm³/mol. The molecule has 2 heterocycles. The minimum absolute atomic E-state index is 0.107. The van der Waals surface area contributed by atoms with Gasteiger partial charge in [0.15, 0.2) is 5.58 Å². The van der Waals surface area contributed by atoms with Gasteiger partial charge in [-0.2, -0.15) is 0 Å². The third-order valence-electron chi connectivity index (χ3n) is 5.96. The summed E-state index contributed by atoms with van der Waals surface area (Å²) in [5.41, 5.74) is 5.85. The molecule has 4 nitrogen and oxygen atoms in total. The van der Waals surface area contributed by atoms with Crippen molar-refractivity contribution in [3.63, 3.8) is 0 Å². The first-order valence-electron chi connectivity index (χ1n) is 10.8. The van der Waals surface area contributed by atoms with Crippen LogP contribution >= 0.6 is 23.2 Å². The molecule has 0 spiro atoms. The fourth-order valence-corrected chi connectivity index (χ4v) is 4.67. The lowest BCUT2D eigenvalue weighted by molar-refractivity contribution is 0.637. The number of nitrogens with zero attached hydrogens (tertiary/aromatic N) is 1. The van der Waals surface area contributed by atoms with Crippen LogP contribution in [0.3, 0.4) is 0 Å². The number of pyridine rings is 1. The Morgan fingerprint density at radius 2 is 1.76 bits per heavy atom. The molecule has 0 atom stereocenters. The van der Waals surface area contributed by atoms with Crippen molar-refractivity contribution in [1.29, 1.82) is 0 Å². The van der Waals surface area contributed by atoms with Crippen molar-refractivity contribution < 1.29 is 4.42 Å². The van der Waals surface area contributed by atoms with Gasteiger partial charge in [0, 0.05) is 17.6 Å². The summed E-state index contributed by atoms with van der Waals surface area (Å²) >= 11 is 12.5. The lowest BCUT2D eigenvalue weighted by atomic mass is 10.0. The molecule has 3 aromatic carbocycles. The Labute approximate surface area is 201 Å². The molecule has 0 radical (unpaired) electrons. The fraction of sp³-hybridized carbons (Fsp3) is 0.148. The number of aromatic nitrogens is 1. The van der Waals surface area contributed by atoms with E-state index < -0.39 is 0 Å². The van der Waals surface area contributed by atoms with E-state index in [1.54, 1.807) is 16.7 Å². The summed E-state index contributed by atoms with van der Waals surface area (Å²) in [5, 5.41) is 5.69. The van der Waals surface area contributed by atoms with Crippen molar-refractivity contribution in [2.24, 2.45) is 0 Å². The number of fused-ring (bicyclic) bond motifs is 3. The molecular weight excluding hydrogens is 455 g/mol. The Morgan fingerprint density at radius 1 is 0.970 bits per heavy atom. The molecule has 5 aromatic rings. The van der Waals surface area contributed by atoms with E-state index in [1.165, 1.54) is 5.56 Å². The zero-order valence-corrected chi connectivity index (χ0v) is 20.0. The average Bonchev–Trinajstić information content (AvgIpc) is 3.18. The first-order chi connectivity index (χ1) is 15.9. The van der Waals surface area contributed by atoms with Crippen LogP contribution in [-0.4, -0.2) is 4.57 Å². The van der Waals surface area contributed by atoms with Crippen molar-refractivity contribution in [3.8, 4) is 11.1 Å². The van der Waals surface area contributed by atoms with E-state index in [0.717, 1.165) is 27.7 Å². The summed E-state index contributed by atoms with van der Waals surface area (Å²) in [4.78, 5) is 13.7. The number of para-hydroxylation sites is 1. The number of furan rings is 1. The van der Waals surface area contributed by atoms with Crippen LogP contribution in [0.25, 0.3) is 33.0 Å². The van der Waals surface area contributed by atoms with Crippen LogP contribution in [0.2, 0.25) is 10.0 Å². The molecular formula is C27H22Cl2N2O2. The number of hydrogen-bond donors (Lipinski definition) is 1.